The summed E-state index contributed by atoms with van der Waals surface area (Å²) in [5.74, 6) is 0.0314. The predicted octanol–water partition coefficient (Wildman–Crippen LogP) is 5.19. The van der Waals surface area contributed by atoms with Crippen molar-refractivity contribution in [3.63, 3.8) is 0 Å². The molecule has 1 atom stereocenters. The summed E-state index contributed by atoms with van der Waals surface area (Å²) in [7, 11) is 0. The highest BCUT2D eigenvalue weighted by Crippen LogP contribution is 2.33. The summed E-state index contributed by atoms with van der Waals surface area (Å²) < 4.78 is 6.63. The van der Waals surface area contributed by atoms with Gasteiger partial charge < -0.3 is 15.0 Å². The average molecular weight is 504 g/mol. The average Bonchev–Trinajstić information content (AvgIpc) is 2.78. The molecule has 5 nitrogen and oxygen atoms in total. The molecule has 0 bridgehead atoms. The molecule has 0 aliphatic carbocycles. The number of hydrogen-bond acceptors (Lipinski definition) is 3. The molecule has 7 heteroatoms. The van der Waals surface area contributed by atoms with Crippen LogP contribution in [0.1, 0.15) is 19.4 Å². The zero-order valence-corrected chi connectivity index (χ0v) is 19.7. The lowest BCUT2D eigenvalue weighted by Crippen LogP contribution is -2.49. The Morgan fingerprint density at radius 3 is 2.55 bits per heavy atom. The van der Waals surface area contributed by atoms with Crippen molar-refractivity contribution in [1.82, 2.24) is 10.2 Å². The first-order valence-corrected chi connectivity index (χ1v) is 11.2. The molecular weight excluding hydrogens is 480 g/mol. The molecule has 3 aromatic rings. The number of ether oxygens (including phenoxy) is 1. The maximum Gasteiger partial charge on any atom is 0.261 e. The molecule has 0 aliphatic heterocycles. The Morgan fingerprint density at radius 1 is 1.10 bits per heavy atom. The highest BCUT2D eigenvalue weighted by atomic mass is 79.9. The van der Waals surface area contributed by atoms with E-state index in [1.54, 1.807) is 13.0 Å². The second-order valence-corrected chi connectivity index (χ2v) is 8.27. The standard InChI is InChI=1S/C24H24BrClN2O3/c1-3-27-24(30)16(2)28(14-18-9-5-7-11-20(18)26)22(29)15-31-21-13-12-17-8-4-6-10-19(17)23(21)25/h4-13,16H,3,14-15H2,1-2H3,(H,27,30). The van der Waals surface area contributed by atoms with Gasteiger partial charge in [-0.25, -0.2) is 0 Å². The monoisotopic (exact) mass is 502 g/mol. The van der Waals surface area contributed by atoms with Crippen LogP contribution < -0.4 is 10.1 Å². The summed E-state index contributed by atoms with van der Waals surface area (Å²) >= 11 is 9.87. The van der Waals surface area contributed by atoms with Crippen molar-refractivity contribution in [3.8, 4) is 5.75 Å². The number of fused-ring (bicyclic) bond motifs is 1. The number of nitrogens with zero attached hydrogens (tertiary/aromatic N) is 1. The van der Waals surface area contributed by atoms with Gasteiger partial charge in [-0.3, -0.25) is 9.59 Å². The molecule has 0 aromatic heterocycles. The summed E-state index contributed by atoms with van der Waals surface area (Å²) in [4.78, 5) is 27.1. The van der Waals surface area contributed by atoms with Crippen LogP contribution in [0.25, 0.3) is 10.8 Å². The van der Waals surface area contributed by atoms with E-state index in [4.69, 9.17) is 16.3 Å². The van der Waals surface area contributed by atoms with Gasteiger partial charge in [-0.15, -0.1) is 0 Å². The van der Waals surface area contributed by atoms with Gasteiger partial charge in [-0.05, 0) is 58.2 Å². The van der Waals surface area contributed by atoms with E-state index in [1.165, 1.54) is 4.90 Å². The topological polar surface area (TPSA) is 58.6 Å². The van der Waals surface area contributed by atoms with Crippen LogP contribution >= 0.6 is 27.5 Å². The maximum absolute atomic E-state index is 13.1. The molecule has 0 spiro atoms. The molecule has 0 saturated heterocycles. The van der Waals surface area contributed by atoms with E-state index in [2.05, 4.69) is 21.2 Å². The van der Waals surface area contributed by atoms with Gasteiger partial charge in [0.15, 0.2) is 6.61 Å². The fourth-order valence-corrected chi connectivity index (χ4v) is 4.07. The van der Waals surface area contributed by atoms with Gasteiger partial charge in [-0.1, -0.05) is 60.1 Å². The quantitative estimate of drug-likeness (QED) is 0.460. The lowest BCUT2D eigenvalue weighted by Gasteiger charge is -2.29. The molecule has 31 heavy (non-hydrogen) atoms. The Hall–Kier alpha value is -2.57. The zero-order valence-electron chi connectivity index (χ0n) is 17.4. The van der Waals surface area contributed by atoms with Crippen LogP contribution in [-0.2, 0) is 16.1 Å². The number of benzene rings is 3. The van der Waals surface area contributed by atoms with Crippen LogP contribution in [0.2, 0.25) is 5.02 Å². The minimum Gasteiger partial charge on any atom is -0.483 e. The molecule has 0 aliphatic rings. The van der Waals surface area contributed by atoms with Gasteiger partial charge in [0, 0.05) is 18.1 Å². The van der Waals surface area contributed by atoms with Crippen LogP contribution in [-0.4, -0.2) is 35.9 Å². The van der Waals surface area contributed by atoms with Crippen LogP contribution in [0.15, 0.2) is 65.1 Å². The number of likely N-dealkylation sites (N-methyl/N-ethyl adjacent to an activating group) is 1. The molecular formula is C24H24BrClN2O3. The highest BCUT2D eigenvalue weighted by Gasteiger charge is 2.27. The van der Waals surface area contributed by atoms with E-state index in [0.29, 0.717) is 17.3 Å². The fourth-order valence-electron chi connectivity index (χ4n) is 3.26. The molecule has 0 fully saturated rings. The zero-order chi connectivity index (χ0) is 22.4. The summed E-state index contributed by atoms with van der Waals surface area (Å²) in [5, 5.41) is 5.38. The molecule has 3 rings (SSSR count). The largest absolute Gasteiger partial charge is 0.483 e. The number of carbonyl (C=O) groups excluding carboxylic acids is 2. The Kier molecular flexibility index (Phi) is 7.93. The van der Waals surface area contributed by atoms with Crippen molar-refractivity contribution in [3.05, 3.63) is 75.7 Å². The normalized spacial score (nSPS) is 11.7. The van der Waals surface area contributed by atoms with Crippen molar-refractivity contribution >= 4 is 50.1 Å². The Labute approximate surface area is 195 Å². The summed E-state index contributed by atoms with van der Waals surface area (Å²) in [6.45, 7) is 4.03. The Morgan fingerprint density at radius 2 is 1.81 bits per heavy atom. The van der Waals surface area contributed by atoms with Gasteiger partial charge in [0.25, 0.3) is 5.91 Å². The lowest BCUT2D eigenvalue weighted by molar-refractivity contribution is -0.142. The molecule has 1 unspecified atom stereocenters. The first kappa shape index (κ1) is 23.1. The van der Waals surface area contributed by atoms with E-state index < -0.39 is 6.04 Å². The number of carbonyl (C=O) groups is 2. The van der Waals surface area contributed by atoms with Crippen molar-refractivity contribution in [1.29, 1.82) is 0 Å². The Bertz CT molecular complexity index is 1090. The van der Waals surface area contributed by atoms with Gasteiger partial charge in [-0.2, -0.15) is 0 Å². The SMILES string of the molecule is CCNC(=O)C(C)N(Cc1ccccc1Cl)C(=O)COc1ccc2ccccc2c1Br. The molecule has 1 N–H and O–H groups in total. The third-order valence-corrected chi connectivity index (χ3v) is 6.18. The number of rotatable bonds is 8. The summed E-state index contributed by atoms with van der Waals surface area (Å²) in [6.07, 6.45) is 0. The van der Waals surface area contributed by atoms with Gasteiger partial charge in [0.05, 0.1) is 4.47 Å². The second-order valence-electron chi connectivity index (χ2n) is 7.07. The van der Waals surface area contributed by atoms with Crippen molar-refractivity contribution in [2.45, 2.75) is 26.4 Å². The summed E-state index contributed by atoms with van der Waals surface area (Å²) in [6, 6.07) is 18.3. The minimum absolute atomic E-state index is 0.203. The van der Waals surface area contributed by atoms with Crippen molar-refractivity contribution in [2.24, 2.45) is 0 Å². The molecule has 0 radical (unpaired) electrons. The van der Waals surface area contributed by atoms with E-state index in [-0.39, 0.29) is 25.0 Å². The highest BCUT2D eigenvalue weighted by molar-refractivity contribution is 9.10. The van der Waals surface area contributed by atoms with E-state index >= 15 is 0 Å². The smallest absolute Gasteiger partial charge is 0.261 e. The summed E-state index contributed by atoms with van der Waals surface area (Å²) in [5.41, 5.74) is 0.764. The van der Waals surface area contributed by atoms with Gasteiger partial charge in [0.2, 0.25) is 5.91 Å². The first-order chi connectivity index (χ1) is 14.9. The maximum atomic E-state index is 13.1. The van der Waals surface area contributed by atoms with Crippen molar-refractivity contribution in [2.75, 3.05) is 13.2 Å². The number of nitrogens with one attached hydrogen (secondary N) is 1. The van der Waals surface area contributed by atoms with Crippen LogP contribution in [0.3, 0.4) is 0 Å². The van der Waals surface area contributed by atoms with Crippen LogP contribution in [0.5, 0.6) is 5.75 Å². The predicted molar refractivity (Wildman–Crippen MR) is 127 cm³/mol. The molecule has 162 valence electrons. The lowest BCUT2D eigenvalue weighted by atomic mass is 10.1. The number of halogens is 2. The third-order valence-electron chi connectivity index (χ3n) is 5.00. The second kappa shape index (κ2) is 10.6. The fraction of sp³-hybridized carbons (Fsp3) is 0.250. The van der Waals surface area contributed by atoms with Crippen molar-refractivity contribution < 1.29 is 14.3 Å². The molecule has 0 saturated carbocycles. The Balaban J connectivity index is 1.80. The van der Waals surface area contributed by atoms with Crippen LogP contribution in [0.4, 0.5) is 0 Å². The van der Waals surface area contributed by atoms with Crippen LogP contribution in [0, 0.1) is 0 Å². The molecule has 2 amide bonds. The van der Waals surface area contributed by atoms with E-state index in [1.807, 2.05) is 61.5 Å². The van der Waals surface area contributed by atoms with Gasteiger partial charge >= 0.3 is 0 Å². The first-order valence-electron chi connectivity index (χ1n) is 10.0. The number of amides is 2. The van der Waals surface area contributed by atoms with Gasteiger partial charge in [0.1, 0.15) is 11.8 Å². The third kappa shape index (κ3) is 5.57. The molecule has 0 heterocycles. The minimum atomic E-state index is -0.674. The number of hydrogen-bond donors (Lipinski definition) is 1. The van der Waals surface area contributed by atoms with E-state index in [0.717, 1.165) is 20.8 Å². The van der Waals surface area contributed by atoms with E-state index in [9.17, 15) is 9.59 Å². The molecule has 3 aromatic carbocycles.